The van der Waals surface area contributed by atoms with Gasteiger partial charge in [-0.1, -0.05) is 47.7 Å². The number of fused-ring (bicyclic) bond motifs is 1. The van der Waals surface area contributed by atoms with E-state index < -0.39 is 15.7 Å². The van der Waals surface area contributed by atoms with Crippen molar-refractivity contribution in [3.8, 4) is 0 Å². The third-order valence-electron chi connectivity index (χ3n) is 5.38. The maximum atomic E-state index is 14.1. The average molecular weight is 477 g/mol. The summed E-state index contributed by atoms with van der Waals surface area (Å²) in [5.41, 5.74) is 0.971. The number of benzene rings is 2. The van der Waals surface area contributed by atoms with Crippen LogP contribution in [0.1, 0.15) is 31.2 Å². The van der Waals surface area contributed by atoms with Crippen molar-refractivity contribution in [1.82, 2.24) is 4.98 Å². The molecule has 4 rings (SSSR count). The largest absolute Gasteiger partial charge is 0.376 e. The summed E-state index contributed by atoms with van der Waals surface area (Å²) in [5.74, 6) is -0.773. The van der Waals surface area contributed by atoms with E-state index in [4.69, 9.17) is 4.74 Å². The SMILES string of the molecule is O=C(CCCS(=O)(=O)Cc1ccccc1)N(CC1CCCO1)c1nc2c(F)cccc2s1. The lowest BCUT2D eigenvalue weighted by Gasteiger charge is -2.23. The first-order chi connectivity index (χ1) is 15.4. The second-order valence-electron chi connectivity index (χ2n) is 7.90. The Morgan fingerprint density at radius 2 is 2.00 bits per heavy atom. The number of carbonyl (C=O) groups is 1. The van der Waals surface area contributed by atoms with Crippen molar-refractivity contribution < 1.29 is 22.3 Å². The zero-order valence-corrected chi connectivity index (χ0v) is 19.2. The van der Waals surface area contributed by atoms with Crippen LogP contribution in [0.5, 0.6) is 0 Å². The molecule has 0 bridgehead atoms. The number of halogens is 1. The molecule has 0 N–H and O–H groups in total. The summed E-state index contributed by atoms with van der Waals surface area (Å²) in [5, 5.41) is 0.415. The molecule has 0 saturated carbocycles. The van der Waals surface area contributed by atoms with Crippen LogP contribution in [0.2, 0.25) is 0 Å². The number of ether oxygens (including phenoxy) is 1. The van der Waals surface area contributed by atoms with Crippen LogP contribution in [0.15, 0.2) is 48.5 Å². The van der Waals surface area contributed by atoms with Gasteiger partial charge in [-0.05, 0) is 37.0 Å². The lowest BCUT2D eigenvalue weighted by atomic mass is 10.2. The third-order valence-corrected chi connectivity index (χ3v) is 8.10. The van der Waals surface area contributed by atoms with Crippen LogP contribution in [-0.4, -0.2) is 44.3 Å². The number of amides is 1. The molecule has 0 aliphatic carbocycles. The van der Waals surface area contributed by atoms with Gasteiger partial charge in [-0.3, -0.25) is 9.69 Å². The van der Waals surface area contributed by atoms with E-state index in [0.717, 1.165) is 18.4 Å². The maximum absolute atomic E-state index is 14.1. The molecule has 1 aliphatic heterocycles. The van der Waals surface area contributed by atoms with Crippen LogP contribution in [0, 0.1) is 5.82 Å². The molecule has 1 aliphatic rings. The number of thiazole rings is 1. The second kappa shape index (κ2) is 10.1. The fourth-order valence-corrected chi connectivity index (χ4v) is 6.21. The Kier molecular flexibility index (Phi) is 7.17. The first-order valence-corrected chi connectivity index (χ1v) is 13.3. The molecule has 1 unspecified atom stereocenters. The number of carbonyl (C=O) groups excluding carboxylic acids is 1. The molecule has 0 radical (unpaired) electrons. The highest BCUT2D eigenvalue weighted by molar-refractivity contribution is 7.90. The summed E-state index contributed by atoms with van der Waals surface area (Å²) in [6.07, 6.45) is 1.96. The van der Waals surface area contributed by atoms with E-state index in [-0.39, 0.29) is 41.9 Å². The second-order valence-corrected chi connectivity index (χ2v) is 11.1. The molecule has 6 nitrogen and oxygen atoms in total. The number of aromatic nitrogens is 1. The van der Waals surface area contributed by atoms with Crippen molar-refractivity contribution in [3.05, 3.63) is 59.9 Å². The van der Waals surface area contributed by atoms with Crippen LogP contribution in [0.4, 0.5) is 9.52 Å². The van der Waals surface area contributed by atoms with E-state index in [1.165, 1.54) is 22.3 Å². The maximum Gasteiger partial charge on any atom is 0.228 e. The monoisotopic (exact) mass is 476 g/mol. The molecule has 1 aromatic heterocycles. The quantitative estimate of drug-likeness (QED) is 0.459. The number of hydrogen-bond acceptors (Lipinski definition) is 6. The molecule has 1 saturated heterocycles. The normalized spacial score (nSPS) is 16.5. The highest BCUT2D eigenvalue weighted by atomic mass is 32.2. The minimum Gasteiger partial charge on any atom is -0.376 e. The molecule has 9 heteroatoms. The number of rotatable bonds is 9. The van der Waals surface area contributed by atoms with E-state index in [9.17, 15) is 17.6 Å². The molecule has 3 aromatic rings. The highest BCUT2D eigenvalue weighted by Crippen LogP contribution is 2.31. The van der Waals surface area contributed by atoms with E-state index in [1.807, 2.05) is 6.07 Å². The third kappa shape index (κ3) is 5.70. The zero-order chi connectivity index (χ0) is 22.6. The van der Waals surface area contributed by atoms with Crippen LogP contribution < -0.4 is 4.90 Å². The summed E-state index contributed by atoms with van der Waals surface area (Å²) >= 11 is 1.25. The first kappa shape index (κ1) is 22.8. The number of nitrogens with zero attached hydrogens (tertiary/aromatic N) is 2. The Bertz CT molecular complexity index is 1180. The van der Waals surface area contributed by atoms with E-state index in [0.29, 0.717) is 23.0 Å². The predicted octanol–water partition coefficient (Wildman–Crippen LogP) is 4.34. The molecule has 1 fully saturated rings. The smallest absolute Gasteiger partial charge is 0.228 e. The Morgan fingerprint density at radius 1 is 1.19 bits per heavy atom. The summed E-state index contributed by atoms with van der Waals surface area (Å²) in [6, 6.07) is 13.7. The van der Waals surface area contributed by atoms with Gasteiger partial charge in [0.05, 0.1) is 28.9 Å². The molecule has 1 amide bonds. The first-order valence-electron chi connectivity index (χ1n) is 10.6. The minimum atomic E-state index is -3.33. The van der Waals surface area contributed by atoms with Gasteiger partial charge in [-0.2, -0.15) is 0 Å². The zero-order valence-electron chi connectivity index (χ0n) is 17.6. The van der Waals surface area contributed by atoms with E-state index in [2.05, 4.69) is 4.98 Å². The lowest BCUT2D eigenvalue weighted by molar-refractivity contribution is -0.119. The van der Waals surface area contributed by atoms with Crippen molar-refractivity contribution in [3.63, 3.8) is 0 Å². The summed E-state index contributed by atoms with van der Waals surface area (Å²) in [7, 11) is -3.33. The predicted molar refractivity (Wildman–Crippen MR) is 124 cm³/mol. The van der Waals surface area contributed by atoms with Gasteiger partial charge in [-0.15, -0.1) is 0 Å². The molecular formula is C23H25FN2O4S2. The van der Waals surface area contributed by atoms with Crippen molar-refractivity contribution >= 4 is 42.4 Å². The molecule has 32 heavy (non-hydrogen) atoms. The average Bonchev–Trinajstić information content (AvgIpc) is 3.42. The molecular weight excluding hydrogens is 451 g/mol. The Hall–Kier alpha value is -2.36. The minimum absolute atomic E-state index is 0.0429. The van der Waals surface area contributed by atoms with E-state index >= 15 is 0 Å². The lowest BCUT2D eigenvalue weighted by Crippen LogP contribution is -2.37. The molecule has 2 aromatic carbocycles. The van der Waals surface area contributed by atoms with Gasteiger partial charge in [0.25, 0.3) is 0 Å². The Labute approximate surface area is 190 Å². The fourth-order valence-electron chi connectivity index (χ4n) is 3.78. The van der Waals surface area contributed by atoms with E-state index in [1.54, 1.807) is 36.4 Å². The van der Waals surface area contributed by atoms with Crippen LogP contribution in [0.3, 0.4) is 0 Å². The standard InChI is InChI=1S/C23H25FN2O4S2/c24-19-10-4-11-20-22(19)25-23(31-20)26(15-18-9-5-13-30-18)21(27)12-6-14-32(28,29)16-17-7-2-1-3-8-17/h1-4,7-8,10-11,18H,5-6,9,12-16H2. The van der Waals surface area contributed by atoms with Crippen molar-refractivity contribution in [2.24, 2.45) is 0 Å². The van der Waals surface area contributed by atoms with Gasteiger partial charge < -0.3 is 4.74 Å². The fraction of sp³-hybridized carbons (Fsp3) is 0.391. The Balaban J connectivity index is 1.44. The van der Waals surface area contributed by atoms with Gasteiger partial charge in [0.1, 0.15) is 11.3 Å². The molecule has 1 atom stereocenters. The Morgan fingerprint density at radius 3 is 2.72 bits per heavy atom. The number of sulfone groups is 1. The topological polar surface area (TPSA) is 76.6 Å². The summed E-state index contributed by atoms with van der Waals surface area (Å²) < 4.78 is 45.4. The summed E-state index contributed by atoms with van der Waals surface area (Å²) in [4.78, 5) is 19.0. The summed E-state index contributed by atoms with van der Waals surface area (Å²) in [6.45, 7) is 0.982. The van der Waals surface area contributed by atoms with Gasteiger partial charge >= 0.3 is 0 Å². The molecule has 170 valence electrons. The van der Waals surface area contributed by atoms with Gasteiger partial charge in [0.15, 0.2) is 15.0 Å². The molecule has 2 heterocycles. The van der Waals surface area contributed by atoms with Gasteiger partial charge in [0.2, 0.25) is 5.91 Å². The number of para-hydroxylation sites is 1. The molecule has 0 spiro atoms. The van der Waals surface area contributed by atoms with Crippen LogP contribution in [0.25, 0.3) is 10.2 Å². The highest BCUT2D eigenvalue weighted by Gasteiger charge is 2.26. The van der Waals surface area contributed by atoms with Crippen LogP contribution >= 0.6 is 11.3 Å². The van der Waals surface area contributed by atoms with Crippen molar-refractivity contribution in [1.29, 1.82) is 0 Å². The van der Waals surface area contributed by atoms with Crippen LogP contribution in [-0.2, 0) is 25.1 Å². The number of anilines is 1. The number of hydrogen-bond donors (Lipinski definition) is 0. The van der Waals surface area contributed by atoms with Gasteiger partial charge in [-0.25, -0.2) is 17.8 Å². The van der Waals surface area contributed by atoms with Gasteiger partial charge in [0, 0.05) is 13.0 Å². The van der Waals surface area contributed by atoms with Crippen molar-refractivity contribution in [2.75, 3.05) is 23.8 Å². The van der Waals surface area contributed by atoms with Crippen molar-refractivity contribution in [2.45, 2.75) is 37.5 Å².